The van der Waals surface area contributed by atoms with Crippen molar-refractivity contribution in [1.29, 1.82) is 0 Å². The maximum atomic E-state index is 11.1. The zero-order chi connectivity index (χ0) is 7.56. The average molecular weight is 136 g/mol. The molecular weight excluding hydrogens is 124 g/mol. The van der Waals surface area contributed by atoms with Gasteiger partial charge in [0.25, 0.3) is 0 Å². The summed E-state index contributed by atoms with van der Waals surface area (Å²) in [6.45, 7) is 3.91. The number of carbonyl (C=O) groups is 1. The predicted molar refractivity (Wildman–Crippen MR) is 41.8 cm³/mol. The van der Waals surface area contributed by atoms with Gasteiger partial charge < -0.3 is 0 Å². The van der Waals surface area contributed by atoms with Crippen LogP contribution in [0.2, 0.25) is 0 Å². The van der Waals surface area contributed by atoms with Gasteiger partial charge in [-0.1, -0.05) is 12.2 Å². The molecule has 0 heterocycles. The predicted octanol–water partition coefficient (Wildman–Crippen LogP) is 2.24. The highest BCUT2D eigenvalue weighted by Crippen LogP contribution is 2.19. The maximum absolute atomic E-state index is 11.1. The molecule has 0 aromatic heterocycles. The molecule has 10 heavy (non-hydrogen) atoms. The first-order chi connectivity index (χ1) is 4.75. The molecule has 54 valence electrons. The Bertz CT molecular complexity index is 209. The lowest BCUT2D eigenvalue weighted by Crippen LogP contribution is -2.07. The highest BCUT2D eigenvalue weighted by Gasteiger charge is 2.13. The van der Waals surface area contributed by atoms with Gasteiger partial charge in [0, 0.05) is 12.0 Å². The van der Waals surface area contributed by atoms with E-state index in [1.807, 2.05) is 19.9 Å². The summed E-state index contributed by atoms with van der Waals surface area (Å²) < 4.78 is 0. The Labute approximate surface area is 61.4 Å². The SMILES string of the molecule is C/C=C1/C(=O)CCC=C1C. The fourth-order valence-electron chi connectivity index (χ4n) is 1.27. The number of hydrogen-bond acceptors (Lipinski definition) is 1. The van der Waals surface area contributed by atoms with Gasteiger partial charge >= 0.3 is 0 Å². The fraction of sp³-hybridized carbons (Fsp3) is 0.444. The standard InChI is InChI=1S/C9H12O/c1-3-8-7(2)5-4-6-9(8)10/h3,5H,4,6H2,1-2H3/b8-3+. The van der Waals surface area contributed by atoms with Crippen molar-refractivity contribution in [3.05, 3.63) is 23.3 Å². The van der Waals surface area contributed by atoms with E-state index in [4.69, 9.17) is 0 Å². The molecular formula is C9H12O. The number of ketones is 1. The van der Waals surface area contributed by atoms with Crippen molar-refractivity contribution in [2.24, 2.45) is 0 Å². The van der Waals surface area contributed by atoms with Gasteiger partial charge in [0.05, 0.1) is 0 Å². The molecule has 0 aromatic rings. The van der Waals surface area contributed by atoms with E-state index in [9.17, 15) is 4.79 Å². The Morgan fingerprint density at radius 2 is 2.30 bits per heavy atom. The Kier molecular flexibility index (Phi) is 2.05. The quantitative estimate of drug-likeness (QED) is 0.467. The molecule has 0 spiro atoms. The van der Waals surface area contributed by atoms with Gasteiger partial charge in [0.1, 0.15) is 0 Å². The van der Waals surface area contributed by atoms with Gasteiger partial charge in [-0.05, 0) is 25.8 Å². The molecule has 1 aliphatic carbocycles. The van der Waals surface area contributed by atoms with Crippen molar-refractivity contribution in [1.82, 2.24) is 0 Å². The molecule has 0 atom stereocenters. The summed E-state index contributed by atoms with van der Waals surface area (Å²) in [5.74, 6) is 0.294. The van der Waals surface area contributed by atoms with Gasteiger partial charge in [-0.3, -0.25) is 4.79 Å². The maximum Gasteiger partial charge on any atom is 0.163 e. The van der Waals surface area contributed by atoms with E-state index in [-0.39, 0.29) is 0 Å². The molecule has 0 fully saturated rings. The topological polar surface area (TPSA) is 17.1 Å². The summed E-state index contributed by atoms with van der Waals surface area (Å²) in [5.41, 5.74) is 2.05. The van der Waals surface area contributed by atoms with Crippen molar-refractivity contribution < 1.29 is 4.79 Å². The second-order valence-corrected chi connectivity index (χ2v) is 2.55. The summed E-state index contributed by atoms with van der Waals surface area (Å²) in [6, 6.07) is 0. The van der Waals surface area contributed by atoms with Crippen molar-refractivity contribution >= 4 is 5.78 Å². The summed E-state index contributed by atoms with van der Waals surface area (Å²) in [7, 11) is 0. The lowest BCUT2D eigenvalue weighted by atomic mass is 9.93. The van der Waals surface area contributed by atoms with Crippen molar-refractivity contribution in [3.63, 3.8) is 0 Å². The van der Waals surface area contributed by atoms with Crippen molar-refractivity contribution in [2.75, 3.05) is 0 Å². The van der Waals surface area contributed by atoms with Crippen LogP contribution in [0.1, 0.15) is 26.7 Å². The van der Waals surface area contributed by atoms with E-state index < -0.39 is 0 Å². The molecule has 1 aliphatic rings. The third-order valence-corrected chi connectivity index (χ3v) is 1.84. The summed E-state index contributed by atoms with van der Waals surface area (Å²) in [6.07, 6.45) is 5.63. The molecule has 0 amide bonds. The van der Waals surface area contributed by atoms with E-state index in [1.165, 1.54) is 0 Å². The molecule has 1 heteroatoms. The first-order valence-electron chi connectivity index (χ1n) is 3.62. The normalized spacial score (nSPS) is 23.2. The van der Waals surface area contributed by atoms with E-state index in [0.717, 1.165) is 17.6 Å². The van der Waals surface area contributed by atoms with Gasteiger partial charge in [-0.25, -0.2) is 0 Å². The first kappa shape index (κ1) is 7.26. The Morgan fingerprint density at radius 1 is 1.60 bits per heavy atom. The summed E-state index contributed by atoms with van der Waals surface area (Å²) in [4.78, 5) is 11.1. The zero-order valence-corrected chi connectivity index (χ0v) is 6.48. The van der Waals surface area contributed by atoms with Crippen LogP contribution >= 0.6 is 0 Å². The molecule has 0 aromatic carbocycles. The second kappa shape index (κ2) is 2.82. The second-order valence-electron chi connectivity index (χ2n) is 2.55. The average Bonchev–Trinajstić information content (AvgIpc) is 1.88. The molecule has 0 saturated carbocycles. The lowest BCUT2D eigenvalue weighted by molar-refractivity contribution is -0.115. The lowest BCUT2D eigenvalue weighted by Gasteiger charge is -2.10. The van der Waals surface area contributed by atoms with Gasteiger partial charge in [-0.2, -0.15) is 0 Å². The molecule has 0 aliphatic heterocycles. The molecule has 1 rings (SSSR count). The van der Waals surface area contributed by atoms with E-state index in [0.29, 0.717) is 12.2 Å². The number of hydrogen-bond donors (Lipinski definition) is 0. The summed E-state index contributed by atoms with van der Waals surface area (Å²) in [5, 5.41) is 0. The largest absolute Gasteiger partial charge is 0.294 e. The van der Waals surface area contributed by atoms with Crippen LogP contribution in [0.15, 0.2) is 23.3 Å². The number of Topliss-reactive ketones (excluding diaryl/α,β-unsaturated/α-hetero) is 1. The van der Waals surface area contributed by atoms with Crippen LogP contribution in [0.25, 0.3) is 0 Å². The van der Waals surface area contributed by atoms with Crippen LogP contribution in [0.3, 0.4) is 0 Å². The molecule has 0 bridgehead atoms. The zero-order valence-electron chi connectivity index (χ0n) is 6.48. The minimum Gasteiger partial charge on any atom is -0.294 e. The van der Waals surface area contributed by atoms with Crippen LogP contribution < -0.4 is 0 Å². The van der Waals surface area contributed by atoms with Crippen molar-refractivity contribution in [2.45, 2.75) is 26.7 Å². The van der Waals surface area contributed by atoms with E-state index in [2.05, 4.69) is 6.08 Å². The number of carbonyl (C=O) groups excluding carboxylic acids is 1. The third-order valence-electron chi connectivity index (χ3n) is 1.84. The van der Waals surface area contributed by atoms with Gasteiger partial charge in [0.2, 0.25) is 0 Å². The Morgan fingerprint density at radius 3 is 2.70 bits per heavy atom. The van der Waals surface area contributed by atoms with Gasteiger partial charge in [0.15, 0.2) is 5.78 Å². The minimum atomic E-state index is 0.294. The molecule has 1 nitrogen and oxygen atoms in total. The molecule has 0 unspecified atom stereocenters. The summed E-state index contributed by atoms with van der Waals surface area (Å²) >= 11 is 0. The van der Waals surface area contributed by atoms with Crippen molar-refractivity contribution in [3.8, 4) is 0 Å². The Balaban J connectivity index is 2.94. The Hall–Kier alpha value is -0.850. The minimum absolute atomic E-state index is 0.294. The highest BCUT2D eigenvalue weighted by molar-refractivity contribution is 6.00. The number of rotatable bonds is 0. The van der Waals surface area contributed by atoms with Crippen LogP contribution in [-0.4, -0.2) is 5.78 Å². The monoisotopic (exact) mass is 136 g/mol. The third kappa shape index (κ3) is 1.18. The van der Waals surface area contributed by atoms with Crippen LogP contribution in [0.4, 0.5) is 0 Å². The smallest absolute Gasteiger partial charge is 0.163 e. The van der Waals surface area contributed by atoms with Crippen LogP contribution in [0, 0.1) is 0 Å². The fourth-order valence-corrected chi connectivity index (χ4v) is 1.27. The molecule has 0 N–H and O–H groups in total. The van der Waals surface area contributed by atoms with E-state index >= 15 is 0 Å². The molecule has 0 radical (unpaired) electrons. The van der Waals surface area contributed by atoms with Crippen LogP contribution in [-0.2, 0) is 4.79 Å². The number of allylic oxidation sites excluding steroid dienone is 4. The van der Waals surface area contributed by atoms with Gasteiger partial charge in [-0.15, -0.1) is 0 Å². The molecule has 0 saturated heterocycles. The highest BCUT2D eigenvalue weighted by atomic mass is 16.1. The van der Waals surface area contributed by atoms with Crippen LogP contribution in [0.5, 0.6) is 0 Å². The first-order valence-corrected chi connectivity index (χ1v) is 3.62. The van der Waals surface area contributed by atoms with E-state index in [1.54, 1.807) is 0 Å².